The molecule has 2 aliphatic rings. The Hall–Kier alpha value is -3.39. The summed E-state index contributed by atoms with van der Waals surface area (Å²) in [5.74, 6) is -0.0301. The third kappa shape index (κ3) is 6.59. The normalized spacial score (nSPS) is 18.1. The molecule has 2 N–H and O–H groups in total. The van der Waals surface area contributed by atoms with Crippen molar-refractivity contribution < 1.29 is 26.3 Å². The summed E-state index contributed by atoms with van der Waals surface area (Å²) in [4.78, 5) is 10.5. The zero-order valence-corrected chi connectivity index (χ0v) is 26.0. The quantitative estimate of drug-likeness (QED) is 0.332. The number of anilines is 4. The number of hydrogen-bond acceptors (Lipinski definition) is 9. The summed E-state index contributed by atoms with van der Waals surface area (Å²) >= 11 is 0. The Kier molecular flexibility index (Phi) is 8.38. The van der Waals surface area contributed by atoms with Crippen molar-refractivity contribution >= 4 is 33.0 Å². The molecule has 1 unspecified atom stereocenters. The van der Waals surface area contributed by atoms with E-state index in [9.17, 15) is 21.6 Å². The number of ether oxygens (including phenoxy) is 1. The third-order valence-corrected chi connectivity index (χ3v) is 9.80. The Morgan fingerprint density at radius 1 is 1.14 bits per heavy atom. The number of aromatic nitrogens is 4. The van der Waals surface area contributed by atoms with Gasteiger partial charge < -0.3 is 20.3 Å². The minimum Gasteiger partial charge on any atom is -0.488 e. The molecule has 0 spiro atoms. The second-order valence-corrected chi connectivity index (χ2v) is 14.0. The summed E-state index contributed by atoms with van der Waals surface area (Å²) < 4.78 is 75.5. The van der Waals surface area contributed by atoms with Gasteiger partial charge in [0.05, 0.1) is 17.1 Å². The predicted octanol–water partition coefficient (Wildman–Crippen LogP) is 5.59. The second-order valence-electron chi connectivity index (χ2n) is 12.1. The van der Waals surface area contributed by atoms with Crippen molar-refractivity contribution in [2.45, 2.75) is 70.2 Å². The largest absolute Gasteiger partial charge is 0.488 e. The van der Waals surface area contributed by atoms with Gasteiger partial charge in [0.2, 0.25) is 11.0 Å². The summed E-state index contributed by atoms with van der Waals surface area (Å²) in [6.45, 7) is 9.54. The molecule has 1 atom stereocenters. The van der Waals surface area contributed by atoms with Crippen LogP contribution in [0.1, 0.15) is 61.8 Å². The number of benzene rings is 1. The molecule has 1 fully saturated rings. The van der Waals surface area contributed by atoms with Crippen molar-refractivity contribution in [3.05, 3.63) is 40.7 Å². The topological polar surface area (TPSA) is 114 Å². The number of piperidine rings is 1. The number of rotatable bonds is 8. The zero-order chi connectivity index (χ0) is 31.3. The highest BCUT2D eigenvalue weighted by Gasteiger charge is 2.37. The summed E-state index contributed by atoms with van der Waals surface area (Å²) in [6.07, 6.45) is -0.0225. The van der Waals surface area contributed by atoms with E-state index in [4.69, 9.17) is 4.74 Å². The molecule has 10 nitrogen and oxygen atoms in total. The SMILES string of the molecule is Cc1cc(Nc2ncc(C(F)(F)F)c(Nc3cn(C)nc3S(=O)(=O)CC(C)C)n2)c2c(c1C1CCN(C)CC1)CC(C)O2. The van der Waals surface area contributed by atoms with Crippen LogP contribution < -0.4 is 15.4 Å². The van der Waals surface area contributed by atoms with Gasteiger partial charge in [-0.3, -0.25) is 4.68 Å². The smallest absolute Gasteiger partial charge is 0.421 e. The molecule has 2 aliphatic heterocycles. The Morgan fingerprint density at radius 2 is 1.84 bits per heavy atom. The first kappa shape index (κ1) is 31.0. The molecule has 0 saturated carbocycles. The molecule has 14 heteroatoms. The number of alkyl halides is 3. The predicted molar refractivity (Wildman–Crippen MR) is 158 cm³/mol. The van der Waals surface area contributed by atoms with Gasteiger partial charge in [-0.2, -0.15) is 23.3 Å². The fourth-order valence-corrected chi connectivity index (χ4v) is 7.73. The highest BCUT2D eigenvalue weighted by molar-refractivity contribution is 7.91. The molecule has 0 radical (unpaired) electrons. The van der Waals surface area contributed by atoms with Crippen LogP contribution in [0.4, 0.5) is 36.3 Å². The molecule has 1 aromatic carbocycles. The van der Waals surface area contributed by atoms with E-state index in [0.717, 1.165) is 43.5 Å². The van der Waals surface area contributed by atoms with Crippen LogP contribution in [0.25, 0.3) is 0 Å². The van der Waals surface area contributed by atoms with E-state index in [1.807, 2.05) is 19.9 Å². The number of halogens is 3. The monoisotopic (exact) mass is 621 g/mol. The van der Waals surface area contributed by atoms with Gasteiger partial charge in [-0.15, -0.1) is 0 Å². The van der Waals surface area contributed by atoms with Crippen molar-refractivity contribution in [2.75, 3.05) is 36.5 Å². The maximum absolute atomic E-state index is 14.0. The van der Waals surface area contributed by atoms with Crippen molar-refractivity contribution in [1.29, 1.82) is 0 Å². The molecular formula is C29H38F3N7O3S. The number of likely N-dealkylation sites (tertiary alicyclic amines) is 1. The summed E-state index contributed by atoms with van der Waals surface area (Å²) in [6, 6.07) is 1.94. The summed E-state index contributed by atoms with van der Waals surface area (Å²) in [5, 5.41) is 9.36. The van der Waals surface area contributed by atoms with E-state index in [2.05, 4.69) is 37.6 Å². The average molecular weight is 622 g/mol. The minimum absolute atomic E-state index is 0.0510. The van der Waals surface area contributed by atoms with Crippen LogP contribution in [-0.4, -0.2) is 65.1 Å². The van der Waals surface area contributed by atoms with E-state index in [1.165, 1.54) is 23.5 Å². The van der Waals surface area contributed by atoms with Gasteiger partial charge in [0.25, 0.3) is 0 Å². The van der Waals surface area contributed by atoms with Gasteiger partial charge >= 0.3 is 6.18 Å². The van der Waals surface area contributed by atoms with Crippen LogP contribution in [-0.2, 0) is 29.5 Å². The molecule has 3 aromatic rings. The van der Waals surface area contributed by atoms with Crippen molar-refractivity contribution in [3.8, 4) is 5.75 Å². The van der Waals surface area contributed by atoms with E-state index in [-0.39, 0.29) is 34.4 Å². The van der Waals surface area contributed by atoms with Gasteiger partial charge in [-0.05, 0) is 75.9 Å². The maximum atomic E-state index is 14.0. The first-order valence-corrected chi connectivity index (χ1v) is 16.0. The maximum Gasteiger partial charge on any atom is 0.421 e. The number of sulfone groups is 1. The van der Waals surface area contributed by atoms with Gasteiger partial charge in [-0.25, -0.2) is 13.4 Å². The molecular weight excluding hydrogens is 583 g/mol. The Bertz CT molecular complexity index is 1610. The van der Waals surface area contributed by atoms with Crippen molar-refractivity contribution in [1.82, 2.24) is 24.6 Å². The van der Waals surface area contributed by atoms with E-state index in [0.29, 0.717) is 23.6 Å². The van der Waals surface area contributed by atoms with Gasteiger partial charge in [0.15, 0.2) is 9.84 Å². The molecule has 0 aliphatic carbocycles. The lowest BCUT2D eigenvalue weighted by atomic mass is 9.82. The molecule has 234 valence electrons. The molecule has 5 rings (SSSR count). The van der Waals surface area contributed by atoms with Crippen molar-refractivity contribution in [3.63, 3.8) is 0 Å². The van der Waals surface area contributed by atoms with Crippen LogP contribution in [0.3, 0.4) is 0 Å². The van der Waals surface area contributed by atoms with Crippen LogP contribution in [0.15, 0.2) is 23.5 Å². The zero-order valence-electron chi connectivity index (χ0n) is 25.2. The standard InChI is InChI=1S/C29H38F3N7O3S/c1-16(2)15-43(40,41)27-23(14-39(6)37-27)34-26-21(29(30,31)32)13-33-28(36-26)35-22-11-17(3)24(19-7-9-38(5)10-8-19)20-12-18(4)42-25(20)22/h11,13-14,16,18-19H,7-10,12,15H2,1-6H3,(H2,33,34,35,36). The van der Waals surface area contributed by atoms with Crippen LogP contribution in [0.2, 0.25) is 0 Å². The Labute approximate surface area is 250 Å². The lowest BCUT2D eigenvalue weighted by molar-refractivity contribution is -0.137. The molecule has 1 saturated heterocycles. The molecule has 4 heterocycles. The lowest BCUT2D eigenvalue weighted by Gasteiger charge is -2.31. The Balaban J connectivity index is 1.52. The average Bonchev–Trinajstić information content (AvgIpc) is 3.46. The first-order chi connectivity index (χ1) is 20.1. The summed E-state index contributed by atoms with van der Waals surface area (Å²) in [7, 11) is -0.264. The number of fused-ring (bicyclic) bond motifs is 1. The number of nitrogens with zero attached hydrogens (tertiary/aromatic N) is 5. The van der Waals surface area contributed by atoms with E-state index >= 15 is 0 Å². The number of aryl methyl sites for hydroxylation is 2. The van der Waals surface area contributed by atoms with Gasteiger partial charge in [-0.1, -0.05) is 13.8 Å². The molecule has 43 heavy (non-hydrogen) atoms. The third-order valence-electron chi connectivity index (χ3n) is 7.80. The lowest BCUT2D eigenvalue weighted by Crippen LogP contribution is -2.29. The summed E-state index contributed by atoms with van der Waals surface area (Å²) in [5.41, 5.74) is 2.81. The Morgan fingerprint density at radius 3 is 2.49 bits per heavy atom. The van der Waals surface area contributed by atoms with Crippen LogP contribution >= 0.6 is 0 Å². The molecule has 2 aromatic heterocycles. The van der Waals surface area contributed by atoms with Crippen LogP contribution in [0.5, 0.6) is 5.75 Å². The second kappa shape index (κ2) is 11.6. The van der Waals surface area contributed by atoms with E-state index in [1.54, 1.807) is 13.8 Å². The highest BCUT2D eigenvalue weighted by Crippen LogP contribution is 2.46. The molecule has 0 bridgehead atoms. The minimum atomic E-state index is -4.80. The highest BCUT2D eigenvalue weighted by atomic mass is 32.2. The van der Waals surface area contributed by atoms with Gasteiger partial charge in [0.1, 0.15) is 23.2 Å². The number of hydrogen-bond donors (Lipinski definition) is 2. The first-order valence-electron chi connectivity index (χ1n) is 14.4. The fourth-order valence-electron chi connectivity index (χ4n) is 6.00. The molecule has 0 amide bonds. The van der Waals surface area contributed by atoms with E-state index < -0.39 is 27.4 Å². The van der Waals surface area contributed by atoms with Gasteiger partial charge in [0, 0.05) is 31.4 Å². The van der Waals surface area contributed by atoms with Crippen molar-refractivity contribution in [2.24, 2.45) is 13.0 Å². The number of nitrogens with one attached hydrogen (secondary N) is 2. The van der Waals surface area contributed by atoms with Crippen LogP contribution in [0, 0.1) is 12.8 Å². The fraction of sp³-hybridized carbons (Fsp3) is 0.552.